The topological polar surface area (TPSA) is 12.9 Å². The van der Waals surface area contributed by atoms with E-state index in [1.807, 2.05) is 11.3 Å². The molecule has 1 heterocycles. The Morgan fingerprint density at radius 1 is 1.38 bits per heavy atom. The molecule has 0 aliphatic rings. The van der Waals surface area contributed by atoms with Crippen LogP contribution in [0.3, 0.4) is 0 Å². The number of alkyl halides is 1. The van der Waals surface area contributed by atoms with Gasteiger partial charge in [0.1, 0.15) is 0 Å². The molecule has 0 saturated heterocycles. The summed E-state index contributed by atoms with van der Waals surface area (Å²) in [5.41, 5.74) is 1.50. The average molecular weight is 262 g/mol. The molecule has 13 heavy (non-hydrogen) atoms. The lowest BCUT2D eigenvalue weighted by Crippen LogP contribution is -2.16. The summed E-state index contributed by atoms with van der Waals surface area (Å²) in [6.07, 6.45) is 1.07. The minimum Gasteiger partial charge on any atom is -0.246 e. The Hall–Kier alpha value is 0.110. The predicted octanol–water partition coefficient (Wildman–Crippen LogP) is 3.72. The van der Waals surface area contributed by atoms with Crippen molar-refractivity contribution in [1.29, 1.82) is 0 Å². The predicted molar refractivity (Wildman–Crippen MR) is 62.9 cm³/mol. The van der Waals surface area contributed by atoms with Crippen molar-refractivity contribution in [3.63, 3.8) is 0 Å². The van der Waals surface area contributed by atoms with Crippen molar-refractivity contribution in [2.75, 3.05) is 5.33 Å². The monoisotopic (exact) mass is 261 g/mol. The van der Waals surface area contributed by atoms with Crippen LogP contribution in [0.5, 0.6) is 0 Å². The average Bonchev–Trinajstić information content (AvgIpc) is 2.30. The molecule has 0 aliphatic heterocycles. The van der Waals surface area contributed by atoms with E-state index in [-0.39, 0.29) is 0 Å². The maximum atomic E-state index is 4.54. The highest BCUT2D eigenvalue weighted by Crippen LogP contribution is 2.27. The van der Waals surface area contributed by atoms with E-state index in [4.69, 9.17) is 0 Å². The van der Waals surface area contributed by atoms with Gasteiger partial charge in [-0.3, -0.25) is 0 Å². The Morgan fingerprint density at radius 2 is 2.00 bits per heavy atom. The van der Waals surface area contributed by atoms with Gasteiger partial charge in [0.05, 0.1) is 10.7 Å². The molecule has 1 aromatic heterocycles. The number of hydrogen-bond acceptors (Lipinski definition) is 2. The molecule has 1 rings (SSSR count). The summed E-state index contributed by atoms with van der Waals surface area (Å²) < 4.78 is 0. The Balaban J connectivity index is 2.75. The van der Waals surface area contributed by atoms with Crippen LogP contribution in [0.1, 0.15) is 29.4 Å². The summed E-state index contributed by atoms with van der Waals surface area (Å²) >= 11 is 5.36. The third-order valence-corrected chi connectivity index (χ3v) is 4.66. The highest BCUT2D eigenvalue weighted by atomic mass is 79.9. The third kappa shape index (κ3) is 3.06. The standard InChI is InChI=1S/C10H16BrNS/c1-7-8(2)13-9(12-7)5-10(3,4)6-11/h5-6H2,1-4H3. The minimum absolute atomic E-state index is 0.316. The van der Waals surface area contributed by atoms with Crippen molar-refractivity contribution < 1.29 is 0 Å². The molecule has 3 heteroatoms. The molecule has 0 saturated carbocycles. The van der Waals surface area contributed by atoms with Gasteiger partial charge in [-0.1, -0.05) is 29.8 Å². The van der Waals surface area contributed by atoms with Crippen molar-refractivity contribution in [2.45, 2.75) is 34.1 Å². The van der Waals surface area contributed by atoms with Crippen LogP contribution in [0.4, 0.5) is 0 Å². The molecule has 0 radical (unpaired) electrons. The number of hydrogen-bond donors (Lipinski definition) is 0. The van der Waals surface area contributed by atoms with E-state index < -0.39 is 0 Å². The molecule has 0 aliphatic carbocycles. The maximum Gasteiger partial charge on any atom is 0.0936 e. The number of aromatic nitrogens is 1. The number of rotatable bonds is 3. The molecule has 0 unspecified atom stereocenters. The number of nitrogens with zero attached hydrogens (tertiary/aromatic N) is 1. The quantitative estimate of drug-likeness (QED) is 0.756. The van der Waals surface area contributed by atoms with Crippen LogP contribution in [0.15, 0.2) is 0 Å². The summed E-state index contributed by atoms with van der Waals surface area (Å²) in [5, 5.41) is 2.29. The van der Waals surface area contributed by atoms with Crippen LogP contribution in [0.2, 0.25) is 0 Å². The lowest BCUT2D eigenvalue weighted by atomic mass is 9.93. The SMILES string of the molecule is Cc1nc(CC(C)(C)CBr)sc1C. The second-order valence-corrected chi connectivity index (χ2v) is 6.07. The summed E-state index contributed by atoms with van der Waals surface area (Å²) in [6, 6.07) is 0. The lowest BCUT2D eigenvalue weighted by Gasteiger charge is -2.19. The molecule has 0 aromatic carbocycles. The molecule has 0 fully saturated rings. The van der Waals surface area contributed by atoms with E-state index in [0.29, 0.717) is 5.41 Å². The smallest absolute Gasteiger partial charge is 0.0936 e. The first-order valence-corrected chi connectivity index (χ1v) is 6.37. The Morgan fingerprint density at radius 3 is 2.38 bits per heavy atom. The first-order valence-electron chi connectivity index (χ1n) is 4.43. The van der Waals surface area contributed by atoms with Gasteiger partial charge in [0.2, 0.25) is 0 Å². The summed E-state index contributed by atoms with van der Waals surface area (Å²) in [5.74, 6) is 0. The Bertz CT molecular complexity index is 272. The van der Waals surface area contributed by atoms with Crippen LogP contribution in [0.25, 0.3) is 0 Å². The Labute approximate surface area is 92.7 Å². The fourth-order valence-electron chi connectivity index (χ4n) is 1.07. The van der Waals surface area contributed by atoms with Crippen molar-refractivity contribution in [3.05, 3.63) is 15.6 Å². The van der Waals surface area contributed by atoms with Gasteiger partial charge in [0.15, 0.2) is 0 Å². The number of aryl methyl sites for hydroxylation is 2. The van der Waals surface area contributed by atoms with E-state index >= 15 is 0 Å². The van der Waals surface area contributed by atoms with Gasteiger partial charge in [0, 0.05) is 16.6 Å². The summed E-state index contributed by atoms with van der Waals surface area (Å²) in [4.78, 5) is 5.89. The van der Waals surface area contributed by atoms with E-state index in [2.05, 4.69) is 48.6 Å². The van der Waals surface area contributed by atoms with Crippen molar-refractivity contribution in [3.8, 4) is 0 Å². The van der Waals surface area contributed by atoms with Crippen LogP contribution in [-0.4, -0.2) is 10.3 Å². The van der Waals surface area contributed by atoms with Gasteiger partial charge < -0.3 is 0 Å². The van der Waals surface area contributed by atoms with Crippen LogP contribution in [0, 0.1) is 19.3 Å². The van der Waals surface area contributed by atoms with E-state index in [1.165, 1.54) is 15.6 Å². The molecular formula is C10H16BrNS. The zero-order valence-electron chi connectivity index (χ0n) is 8.65. The van der Waals surface area contributed by atoms with Crippen molar-refractivity contribution >= 4 is 27.3 Å². The molecule has 0 bridgehead atoms. The first kappa shape index (κ1) is 11.2. The van der Waals surface area contributed by atoms with Gasteiger partial charge in [-0.25, -0.2) is 4.98 Å². The van der Waals surface area contributed by atoms with E-state index in [0.717, 1.165) is 11.8 Å². The molecule has 1 aromatic rings. The second kappa shape index (κ2) is 4.09. The zero-order chi connectivity index (χ0) is 10.1. The van der Waals surface area contributed by atoms with E-state index in [9.17, 15) is 0 Å². The Kier molecular flexibility index (Phi) is 3.52. The van der Waals surface area contributed by atoms with Crippen LogP contribution < -0.4 is 0 Å². The molecular weight excluding hydrogens is 246 g/mol. The largest absolute Gasteiger partial charge is 0.246 e. The van der Waals surface area contributed by atoms with Crippen molar-refractivity contribution in [1.82, 2.24) is 4.98 Å². The number of thiazole rings is 1. The van der Waals surface area contributed by atoms with Crippen molar-refractivity contribution in [2.24, 2.45) is 5.41 Å². The minimum atomic E-state index is 0.316. The highest BCUT2D eigenvalue weighted by molar-refractivity contribution is 9.09. The summed E-state index contributed by atoms with van der Waals surface area (Å²) in [6.45, 7) is 8.73. The maximum absolute atomic E-state index is 4.54. The van der Waals surface area contributed by atoms with Crippen LogP contribution >= 0.6 is 27.3 Å². The molecule has 74 valence electrons. The van der Waals surface area contributed by atoms with Gasteiger partial charge in [0.25, 0.3) is 0 Å². The molecule has 1 nitrogen and oxygen atoms in total. The fourth-order valence-corrected chi connectivity index (χ4v) is 2.46. The fraction of sp³-hybridized carbons (Fsp3) is 0.700. The first-order chi connectivity index (χ1) is 5.94. The molecule has 0 spiro atoms. The van der Waals surface area contributed by atoms with E-state index in [1.54, 1.807) is 0 Å². The van der Waals surface area contributed by atoms with Gasteiger partial charge in [-0.2, -0.15) is 0 Å². The lowest BCUT2D eigenvalue weighted by molar-refractivity contribution is 0.424. The second-order valence-electron chi connectivity index (χ2n) is 4.22. The van der Waals surface area contributed by atoms with Gasteiger partial charge in [-0.15, -0.1) is 11.3 Å². The normalized spacial score (nSPS) is 12.1. The third-order valence-electron chi connectivity index (χ3n) is 2.06. The molecule has 0 amide bonds. The van der Waals surface area contributed by atoms with Crippen LogP contribution in [-0.2, 0) is 6.42 Å². The zero-order valence-corrected chi connectivity index (χ0v) is 11.1. The van der Waals surface area contributed by atoms with Gasteiger partial charge >= 0.3 is 0 Å². The molecule has 0 atom stereocenters. The molecule has 0 N–H and O–H groups in total. The highest BCUT2D eigenvalue weighted by Gasteiger charge is 2.19. The number of halogens is 1. The summed E-state index contributed by atoms with van der Waals surface area (Å²) in [7, 11) is 0. The van der Waals surface area contributed by atoms with Gasteiger partial charge in [-0.05, 0) is 19.3 Å².